The zero-order chi connectivity index (χ0) is 24.5. The number of carbonyl (C=O) groups is 3. The highest BCUT2D eigenvalue weighted by Crippen LogP contribution is 2.31. The molecule has 34 heavy (non-hydrogen) atoms. The van der Waals surface area contributed by atoms with Crippen LogP contribution in [0.3, 0.4) is 0 Å². The lowest BCUT2D eigenvalue weighted by atomic mass is 9.83. The zero-order valence-electron chi connectivity index (χ0n) is 20.2. The van der Waals surface area contributed by atoms with Crippen LogP contribution in [-0.2, 0) is 16.0 Å². The van der Waals surface area contributed by atoms with E-state index in [0.29, 0.717) is 11.3 Å². The molecular weight excluding hydrogens is 434 g/mol. The van der Waals surface area contributed by atoms with Crippen LogP contribution in [0.1, 0.15) is 81.4 Å². The molecule has 4 N–H and O–H groups in total. The standard InChI is InChI=1S/C25H33N5O4/c1-5-18-17-13-26-30-22(31)16-11-15(12-19(28-18)20(16)17)27-23(32)21(14-9-7-6-8-10-14)29-24(33)34-25(2,3)4/h11-14,21,28H,5-10H2,1-4H3,(H,27,32)(H,29,33)(H,30,31)/t21-/m1/s1. The fraction of sp³-hybridized carbons (Fsp3) is 0.520. The maximum Gasteiger partial charge on any atom is 0.408 e. The Kier molecular flexibility index (Phi) is 6.63. The minimum atomic E-state index is -0.729. The Morgan fingerprint density at radius 2 is 1.94 bits per heavy atom. The molecule has 182 valence electrons. The number of aryl methyl sites for hydroxylation is 1. The molecule has 0 spiro atoms. The highest BCUT2D eigenvalue weighted by Gasteiger charge is 2.33. The van der Waals surface area contributed by atoms with Gasteiger partial charge in [-0.3, -0.25) is 9.59 Å². The van der Waals surface area contributed by atoms with Crippen molar-refractivity contribution in [3.63, 3.8) is 0 Å². The molecule has 1 atom stereocenters. The van der Waals surface area contributed by atoms with Crippen molar-refractivity contribution in [3.8, 4) is 0 Å². The van der Waals surface area contributed by atoms with Crippen LogP contribution in [0.15, 0.2) is 17.2 Å². The monoisotopic (exact) mass is 467 g/mol. The van der Waals surface area contributed by atoms with Crippen molar-refractivity contribution in [1.82, 2.24) is 15.7 Å². The summed E-state index contributed by atoms with van der Waals surface area (Å²) in [6.07, 6.45) is 6.66. The summed E-state index contributed by atoms with van der Waals surface area (Å²) < 4.78 is 5.42. The number of hydrogen-bond acceptors (Lipinski definition) is 5. The molecule has 0 unspecified atom stereocenters. The fourth-order valence-electron chi connectivity index (χ4n) is 4.82. The highest BCUT2D eigenvalue weighted by atomic mass is 16.6. The summed E-state index contributed by atoms with van der Waals surface area (Å²) in [4.78, 5) is 42.0. The van der Waals surface area contributed by atoms with Crippen LogP contribution in [0, 0.1) is 5.92 Å². The molecule has 0 bridgehead atoms. The number of rotatable bonds is 5. The Morgan fingerprint density at radius 1 is 1.21 bits per heavy atom. The van der Waals surface area contributed by atoms with Gasteiger partial charge in [-0.25, -0.2) is 10.2 Å². The van der Waals surface area contributed by atoms with Gasteiger partial charge in [0.15, 0.2) is 0 Å². The number of anilines is 1. The molecule has 1 aliphatic carbocycles. The fourth-order valence-corrected chi connectivity index (χ4v) is 4.82. The summed E-state index contributed by atoms with van der Waals surface area (Å²) in [5.41, 5.74) is 5.35. The van der Waals surface area contributed by atoms with Crippen molar-refractivity contribution in [2.75, 3.05) is 5.32 Å². The molecule has 4 rings (SSSR count). The molecule has 1 aliphatic heterocycles. The van der Waals surface area contributed by atoms with Crippen LogP contribution in [0.2, 0.25) is 0 Å². The van der Waals surface area contributed by atoms with E-state index in [1.807, 2.05) is 13.0 Å². The molecule has 2 aromatic rings. The highest BCUT2D eigenvalue weighted by molar-refractivity contribution is 6.16. The van der Waals surface area contributed by atoms with Gasteiger partial charge in [-0.2, -0.15) is 5.10 Å². The Bertz CT molecular complexity index is 1140. The summed E-state index contributed by atoms with van der Waals surface area (Å²) in [6.45, 7) is 7.38. The number of alkyl carbamates (subject to hydrolysis) is 1. The van der Waals surface area contributed by atoms with Gasteiger partial charge >= 0.3 is 6.09 Å². The van der Waals surface area contributed by atoms with Crippen molar-refractivity contribution >= 4 is 40.7 Å². The van der Waals surface area contributed by atoms with E-state index in [1.165, 1.54) is 0 Å². The largest absolute Gasteiger partial charge is 0.444 e. The van der Waals surface area contributed by atoms with Gasteiger partial charge in [0, 0.05) is 27.8 Å². The Hall–Kier alpha value is -3.36. The van der Waals surface area contributed by atoms with Crippen LogP contribution in [-0.4, -0.2) is 40.7 Å². The third kappa shape index (κ3) is 5.08. The number of hydrazone groups is 1. The molecular formula is C25H33N5O4. The van der Waals surface area contributed by atoms with Crippen LogP contribution < -0.4 is 16.1 Å². The number of carbonyl (C=O) groups excluding carboxylic acids is 3. The van der Waals surface area contributed by atoms with Gasteiger partial charge in [0.2, 0.25) is 5.91 Å². The Morgan fingerprint density at radius 3 is 2.62 bits per heavy atom. The maximum absolute atomic E-state index is 13.4. The molecule has 2 heterocycles. The van der Waals surface area contributed by atoms with E-state index >= 15 is 0 Å². The summed E-state index contributed by atoms with van der Waals surface area (Å²) in [7, 11) is 0. The Labute approximate surface area is 199 Å². The lowest BCUT2D eigenvalue weighted by molar-refractivity contribution is -0.119. The van der Waals surface area contributed by atoms with Gasteiger partial charge < -0.3 is 20.4 Å². The number of nitrogens with zero attached hydrogens (tertiary/aromatic N) is 1. The first-order chi connectivity index (χ1) is 16.2. The lowest BCUT2D eigenvalue weighted by Gasteiger charge is -2.31. The van der Waals surface area contributed by atoms with Gasteiger partial charge in [0.25, 0.3) is 5.91 Å². The third-order valence-corrected chi connectivity index (χ3v) is 6.32. The smallest absolute Gasteiger partial charge is 0.408 e. The molecule has 1 fully saturated rings. The number of benzene rings is 1. The summed E-state index contributed by atoms with van der Waals surface area (Å²) in [6, 6.07) is 2.75. The molecule has 9 heteroatoms. The number of H-pyrrole nitrogens is 1. The number of hydrogen-bond donors (Lipinski definition) is 4. The van der Waals surface area contributed by atoms with Crippen molar-refractivity contribution in [3.05, 3.63) is 29.0 Å². The number of nitrogens with one attached hydrogen (secondary N) is 4. The number of ether oxygens (including phenoxy) is 1. The summed E-state index contributed by atoms with van der Waals surface area (Å²) in [5, 5.41) is 10.5. The molecule has 2 aliphatic rings. The quantitative estimate of drug-likeness (QED) is 0.525. The first-order valence-corrected chi connectivity index (χ1v) is 12.0. The van der Waals surface area contributed by atoms with Gasteiger partial charge in [0.1, 0.15) is 11.6 Å². The van der Waals surface area contributed by atoms with Crippen LogP contribution >= 0.6 is 0 Å². The zero-order valence-corrected chi connectivity index (χ0v) is 20.2. The van der Waals surface area contributed by atoms with Crippen molar-refractivity contribution in [1.29, 1.82) is 0 Å². The SMILES string of the molecule is CCc1[nH]c2cc(NC(=O)[C@H](NC(=O)OC(C)(C)C)C3CCCCC3)cc3c2c1C=NNC3=O. The molecule has 1 aromatic carbocycles. The first kappa shape index (κ1) is 23.8. The first-order valence-electron chi connectivity index (χ1n) is 12.0. The Balaban J connectivity index is 1.63. The average molecular weight is 468 g/mol. The van der Waals surface area contributed by atoms with Crippen LogP contribution in [0.4, 0.5) is 10.5 Å². The maximum atomic E-state index is 13.4. The second-order valence-corrected chi connectivity index (χ2v) is 10.0. The van der Waals surface area contributed by atoms with E-state index in [4.69, 9.17) is 4.74 Å². The van der Waals surface area contributed by atoms with Gasteiger partial charge in [-0.1, -0.05) is 26.2 Å². The average Bonchev–Trinajstić information content (AvgIpc) is 3.04. The third-order valence-electron chi connectivity index (χ3n) is 6.32. The molecule has 3 amide bonds. The van der Waals surface area contributed by atoms with Crippen LogP contribution in [0.5, 0.6) is 0 Å². The van der Waals surface area contributed by atoms with E-state index in [1.54, 1.807) is 33.1 Å². The van der Waals surface area contributed by atoms with E-state index in [2.05, 4.69) is 26.1 Å². The summed E-state index contributed by atoms with van der Waals surface area (Å²) in [5.74, 6) is -0.641. The molecule has 0 radical (unpaired) electrons. The topological polar surface area (TPSA) is 125 Å². The van der Waals surface area contributed by atoms with Gasteiger partial charge in [-0.15, -0.1) is 0 Å². The predicted molar refractivity (Wildman–Crippen MR) is 131 cm³/mol. The van der Waals surface area contributed by atoms with E-state index in [9.17, 15) is 14.4 Å². The van der Waals surface area contributed by atoms with Crippen LogP contribution in [0.25, 0.3) is 10.9 Å². The molecule has 9 nitrogen and oxygen atoms in total. The van der Waals surface area contributed by atoms with Gasteiger partial charge in [0.05, 0.1) is 11.8 Å². The second kappa shape index (κ2) is 9.48. The minimum Gasteiger partial charge on any atom is -0.444 e. The number of aromatic amines is 1. The van der Waals surface area contributed by atoms with E-state index in [0.717, 1.165) is 60.7 Å². The van der Waals surface area contributed by atoms with E-state index in [-0.39, 0.29) is 17.7 Å². The predicted octanol–water partition coefficient (Wildman–Crippen LogP) is 4.22. The lowest BCUT2D eigenvalue weighted by Crippen LogP contribution is -2.50. The van der Waals surface area contributed by atoms with Gasteiger partial charge in [-0.05, 0) is 58.1 Å². The number of aromatic nitrogens is 1. The number of amides is 3. The van der Waals surface area contributed by atoms with Crippen molar-refractivity contribution < 1.29 is 19.1 Å². The molecule has 0 saturated heterocycles. The molecule has 1 aromatic heterocycles. The van der Waals surface area contributed by atoms with E-state index < -0.39 is 17.7 Å². The summed E-state index contributed by atoms with van der Waals surface area (Å²) >= 11 is 0. The minimum absolute atomic E-state index is 0.0204. The second-order valence-electron chi connectivity index (χ2n) is 10.0. The van der Waals surface area contributed by atoms with Crippen molar-refractivity contribution in [2.45, 2.75) is 77.9 Å². The normalized spacial score (nSPS) is 17.1. The molecule has 1 saturated carbocycles. The van der Waals surface area contributed by atoms with Crippen molar-refractivity contribution in [2.24, 2.45) is 11.0 Å².